The molecule has 0 bridgehead atoms. The largest absolute Gasteiger partial charge is 0.497 e. The predicted octanol–water partition coefficient (Wildman–Crippen LogP) is 3.14. The van der Waals surface area contributed by atoms with E-state index in [9.17, 15) is 9.90 Å². The lowest BCUT2D eigenvalue weighted by molar-refractivity contribution is -0.138. The van der Waals surface area contributed by atoms with Crippen LogP contribution >= 0.6 is 0 Å². The lowest BCUT2D eigenvalue weighted by atomic mass is 9.85. The molecule has 1 N–H and O–H groups in total. The molecule has 1 amide bonds. The quantitative estimate of drug-likeness (QED) is 0.910. The Bertz CT molecular complexity index is 716. The van der Waals surface area contributed by atoms with Crippen LogP contribution in [0, 0.1) is 0 Å². The molecule has 0 saturated carbocycles. The van der Waals surface area contributed by atoms with Gasteiger partial charge in [-0.3, -0.25) is 4.79 Å². The molecule has 132 valence electrons. The second-order valence-corrected chi connectivity index (χ2v) is 6.67. The molecule has 4 heteroatoms. The number of amides is 1. The molecule has 0 aliphatic carbocycles. The second kappa shape index (κ2) is 7.70. The molecule has 1 aliphatic rings. The number of hydrogen-bond acceptors (Lipinski definition) is 3. The molecule has 1 aliphatic heterocycles. The van der Waals surface area contributed by atoms with Gasteiger partial charge in [-0.2, -0.15) is 0 Å². The summed E-state index contributed by atoms with van der Waals surface area (Å²) < 4.78 is 5.26. The van der Waals surface area contributed by atoms with Gasteiger partial charge in [-0.05, 0) is 42.5 Å². The Labute approximate surface area is 149 Å². The zero-order valence-corrected chi connectivity index (χ0v) is 14.6. The van der Waals surface area contributed by atoms with Crippen LogP contribution in [-0.4, -0.2) is 36.1 Å². The van der Waals surface area contributed by atoms with Crippen LogP contribution in [0.15, 0.2) is 54.6 Å². The molecule has 1 atom stereocenters. The maximum absolute atomic E-state index is 12.6. The van der Waals surface area contributed by atoms with Gasteiger partial charge in [0.15, 0.2) is 0 Å². The summed E-state index contributed by atoms with van der Waals surface area (Å²) in [5.74, 6) is 0.823. The van der Waals surface area contributed by atoms with Crippen LogP contribution in [0.1, 0.15) is 30.4 Å². The third kappa shape index (κ3) is 4.20. The number of methoxy groups -OCH3 is 1. The maximum atomic E-state index is 12.6. The number of likely N-dealkylation sites (tertiary alicyclic amines) is 1. The van der Waals surface area contributed by atoms with Crippen molar-refractivity contribution in [3.05, 3.63) is 65.7 Å². The summed E-state index contributed by atoms with van der Waals surface area (Å²) in [6.07, 6.45) is 2.65. The number of hydrogen-bond donors (Lipinski definition) is 1. The summed E-state index contributed by atoms with van der Waals surface area (Å²) in [4.78, 5) is 14.4. The predicted molar refractivity (Wildman–Crippen MR) is 97.5 cm³/mol. The topological polar surface area (TPSA) is 49.8 Å². The van der Waals surface area contributed by atoms with E-state index in [2.05, 4.69) is 0 Å². The smallest absolute Gasteiger partial charge is 0.223 e. The number of β-amino-alcohol motifs (C(OH)–C–C–N with tert-alkyl or cyclic N) is 1. The van der Waals surface area contributed by atoms with Gasteiger partial charge < -0.3 is 14.7 Å². The SMILES string of the molecule is COc1cccc(C2(O)CCCN(C(=O)CCc3ccccc3)C2)c1. The molecule has 25 heavy (non-hydrogen) atoms. The van der Waals surface area contributed by atoms with Gasteiger partial charge in [0.1, 0.15) is 11.4 Å². The highest BCUT2D eigenvalue weighted by molar-refractivity contribution is 5.76. The van der Waals surface area contributed by atoms with Crippen LogP contribution in [0.5, 0.6) is 5.75 Å². The molecule has 3 rings (SSSR count). The number of rotatable bonds is 5. The molecule has 1 heterocycles. The van der Waals surface area contributed by atoms with Crippen molar-refractivity contribution in [1.29, 1.82) is 0 Å². The standard InChI is InChI=1S/C21H25NO3/c1-25-19-10-5-9-18(15-19)21(24)13-6-14-22(16-21)20(23)12-11-17-7-3-2-4-8-17/h2-5,7-10,15,24H,6,11-14,16H2,1H3. The lowest BCUT2D eigenvalue weighted by Crippen LogP contribution is -2.48. The van der Waals surface area contributed by atoms with Crippen molar-refractivity contribution in [2.24, 2.45) is 0 Å². The molecular formula is C21H25NO3. The normalized spacial score (nSPS) is 20.3. The minimum Gasteiger partial charge on any atom is -0.497 e. The van der Waals surface area contributed by atoms with Gasteiger partial charge in [-0.25, -0.2) is 0 Å². The van der Waals surface area contributed by atoms with E-state index >= 15 is 0 Å². The number of aliphatic hydroxyl groups is 1. The fraction of sp³-hybridized carbons (Fsp3) is 0.381. The first kappa shape index (κ1) is 17.5. The van der Waals surface area contributed by atoms with E-state index in [1.54, 1.807) is 12.0 Å². The molecular weight excluding hydrogens is 314 g/mol. The molecule has 0 radical (unpaired) electrons. The fourth-order valence-electron chi connectivity index (χ4n) is 3.45. The number of piperidine rings is 1. The summed E-state index contributed by atoms with van der Waals surface area (Å²) in [5.41, 5.74) is 0.971. The minimum absolute atomic E-state index is 0.102. The molecule has 1 unspecified atom stereocenters. The molecule has 0 spiro atoms. The lowest BCUT2D eigenvalue weighted by Gasteiger charge is -2.39. The van der Waals surface area contributed by atoms with Gasteiger partial charge in [0, 0.05) is 13.0 Å². The zero-order valence-electron chi connectivity index (χ0n) is 14.6. The number of carbonyl (C=O) groups is 1. The van der Waals surface area contributed by atoms with Crippen molar-refractivity contribution in [3.63, 3.8) is 0 Å². The van der Waals surface area contributed by atoms with Crippen molar-refractivity contribution in [2.45, 2.75) is 31.3 Å². The van der Waals surface area contributed by atoms with Gasteiger partial charge >= 0.3 is 0 Å². The molecule has 2 aromatic rings. The number of carbonyl (C=O) groups excluding carboxylic acids is 1. The van der Waals surface area contributed by atoms with E-state index in [1.807, 2.05) is 54.6 Å². The van der Waals surface area contributed by atoms with E-state index < -0.39 is 5.60 Å². The fourth-order valence-corrected chi connectivity index (χ4v) is 3.45. The Morgan fingerprint density at radius 2 is 2.00 bits per heavy atom. The van der Waals surface area contributed by atoms with Crippen molar-refractivity contribution in [3.8, 4) is 5.75 Å². The van der Waals surface area contributed by atoms with E-state index in [-0.39, 0.29) is 5.91 Å². The van der Waals surface area contributed by atoms with Crippen LogP contribution in [0.4, 0.5) is 0 Å². The highest BCUT2D eigenvalue weighted by Crippen LogP contribution is 2.33. The Morgan fingerprint density at radius 1 is 1.20 bits per heavy atom. The first-order chi connectivity index (χ1) is 12.1. The second-order valence-electron chi connectivity index (χ2n) is 6.67. The van der Waals surface area contributed by atoms with Gasteiger partial charge in [0.05, 0.1) is 13.7 Å². The number of nitrogens with zero attached hydrogens (tertiary/aromatic N) is 1. The highest BCUT2D eigenvalue weighted by Gasteiger charge is 2.36. The van der Waals surface area contributed by atoms with Gasteiger partial charge in [-0.15, -0.1) is 0 Å². The number of benzene rings is 2. The Hall–Kier alpha value is -2.33. The first-order valence-corrected chi connectivity index (χ1v) is 8.79. The van der Waals surface area contributed by atoms with Crippen LogP contribution in [0.3, 0.4) is 0 Å². The Balaban J connectivity index is 1.66. The van der Waals surface area contributed by atoms with Crippen LogP contribution < -0.4 is 4.74 Å². The number of ether oxygens (including phenoxy) is 1. The van der Waals surface area contributed by atoms with Crippen LogP contribution in [0.2, 0.25) is 0 Å². The van der Waals surface area contributed by atoms with Gasteiger partial charge in [-0.1, -0.05) is 42.5 Å². The molecule has 2 aromatic carbocycles. The van der Waals surface area contributed by atoms with Gasteiger partial charge in [0.25, 0.3) is 0 Å². The molecule has 1 fully saturated rings. The van der Waals surface area contributed by atoms with Crippen molar-refractivity contribution in [1.82, 2.24) is 4.90 Å². The zero-order chi connectivity index (χ0) is 17.7. The monoisotopic (exact) mass is 339 g/mol. The maximum Gasteiger partial charge on any atom is 0.223 e. The summed E-state index contributed by atoms with van der Waals surface area (Å²) in [6, 6.07) is 17.5. The third-order valence-electron chi connectivity index (χ3n) is 4.90. The first-order valence-electron chi connectivity index (χ1n) is 8.79. The highest BCUT2D eigenvalue weighted by atomic mass is 16.5. The van der Waals surface area contributed by atoms with Gasteiger partial charge in [0.2, 0.25) is 5.91 Å². The average molecular weight is 339 g/mol. The number of aryl methyl sites for hydroxylation is 1. The summed E-state index contributed by atoms with van der Waals surface area (Å²) in [6.45, 7) is 1.05. The van der Waals surface area contributed by atoms with E-state index in [0.717, 1.165) is 29.7 Å². The third-order valence-corrected chi connectivity index (χ3v) is 4.90. The summed E-state index contributed by atoms with van der Waals surface area (Å²) in [7, 11) is 1.61. The van der Waals surface area contributed by atoms with Crippen molar-refractivity contribution >= 4 is 5.91 Å². The van der Waals surface area contributed by atoms with Crippen LogP contribution in [-0.2, 0) is 16.8 Å². The molecule has 0 aromatic heterocycles. The summed E-state index contributed by atoms with van der Waals surface area (Å²) in [5, 5.41) is 11.1. The van der Waals surface area contributed by atoms with Crippen LogP contribution in [0.25, 0.3) is 0 Å². The van der Waals surface area contributed by atoms with E-state index in [0.29, 0.717) is 25.9 Å². The minimum atomic E-state index is -1.00. The van der Waals surface area contributed by atoms with Crippen molar-refractivity contribution < 1.29 is 14.6 Å². The van der Waals surface area contributed by atoms with E-state index in [4.69, 9.17) is 4.74 Å². The Morgan fingerprint density at radius 3 is 2.76 bits per heavy atom. The van der Waals surface area contributed by atoms with Crippen molar-refractivity contribution in [2.75, 3.05) is 20.2 Å². The average Bonchev–Trinajstić information content (AvgIpc) is 2.67. The van der Waals surface area contributed by atoms with E-state index in [1.165, 1.54) is 0 Å². The Kier molecular flexibility index (Phi) is 5.39. The molecule has 1 saturated heterocycles. The molecule has 4 nitrogen and oxygen atoms in total. The summed E-state index contributed by atoms with van der Waals surface area (Å²) >= 11 is 0.